The first-order valence-corrected chi connectivity index (χ1v) is 22.9. The number of phosphoric acid groups is 1. The van der Waals surface area contributed by atoms with E-state index in [1.165, 1.54) is 64.2 Å². The molecule has 0 rings (SSSR count). The fourth-order valence-corrected chi connectivity index (χ4v) is 6.23. The Morgan fingerprint density at radius 2 is 1.06 bits per heavy atom. The van der Waals surface area contributed by atoms with Crippen molar-refractivity contribution in [2.24, 2.45) is 0 Å². The van der Waals surface area contributed by atoms with E-state index in [0.717, 1.165) is 70.6 Å². The van der Waals surface area contributed by atoms with E-state index in [4.69, 9.17) is 18.5 Å². The summed E-state index contributed by atoms with van der Waals surface area (Å²) in [5.74, 6) is -0.840. The number of nitrogens with zero attached hydrogens (tertiary/aromatic N) is 1. The van der Waals surface area contributed by atoms with Crippen molar-refractivity contribution in [3.05, 3.63) is 48.6 Å². The minimum Gasteiger partial charge on any atom is -0.462 e. The van der Waals surface area contributed by atoms with Crippen molar-refractivity contribution >= 4 is 19.8 Å². The molecular formula is C44H81NO8P+. The number of allylic oxidation sites excluding steroid dienone is 8. The normalized spacial score (nSPS) is 14.1. The lowest BCUT2D eigenvalue weighted by Crippen LogP contribution is -2.37. The lowest BCUT2D eigenvalue weighted by Gasteiger charge is -2.24. The van der Waals surface area contributed by atoms with Crippen LogP contribution in [-0.2, 0) is 32.7 Å². The fraction of sp³-hybridized carbons (Fsp3) is 0.773. The highest BCUT2D eigenvalue weighted by atomic mass is 31.2. The molecule has 0 fully saturated rings. The molecule has 1 N–H and O–H groups in total. The standard InChI is InChI=1S/C44H80NO8P/c1-6-8-10-12-14-16-18-20-21-22-23-25-26-28-30-32-34-36-43(46)50-40-42(41-52-54(48,49)51-39-38-45(3,4)5)53-44(47)37-35-33-31-29-27-24-19-17-15-13-11-9-7-2/h9,11,15,17,20-21,24,27,42H,6-8,10,12-14,16,18-19,22-23,25-26,28-41H2,1-5H3/p+1/b11-9-,17-15-,21-20-,27-24-. The molecule has 0 aliphatic rings. The van der Waals surface area contributed by atoms with E-state index in [2.05, 4.69) is 62.5 Å². The van der Waals surface area contributed by atoms with Gasteiger partial charge in [0.15, 0.2) is 6.10 Å². The van der Waals surface area contributed by atoms with Crippen LogP contribution in [0.1, 0.15) is 168 Å². The van der Waals surface area contributed by atoms with Gasteiger partial charge >= 0.3 is 19.8 Å². The number of carbonyl (C=O) groups excluding carboxylic acids is 2. The molecule has 54 heavy (non-hydrogen) atoms. The van der Waals surface area contributed by atoms with E-state index >= 15 is 0 Å². The minimum atomic E-state index is -4.38. The molecule has 0 amide bonds. The number of hydrogen-bond donors (Lipinski definition) is 1. The SMILES string of the molecule is CC/C=C\C/C=C\C/C=C\CCCCCC(=O)OC(COC(=O)CCCCCCCCC/C=C\CCCCCCCC)COP(=O)(O)OCC[N+](C)(C)C. The van der Waals surface area contributed by atoms with Crippen molar-refractivity contribution in [3.8, 4) is 0 Å². The van der Waals surface area contributed by atoms with Crippen LogP contribution in [0.15, 0.2) is 48.6 Å². The smallest absolute Gasteiger partial charge is 0.462 e. The Hall–Kier alpha value is -2.03. The van der Waals surface area contributed by atoms with E-state index in [-0.39, 0.29) is 32.0 Å². The summed E-state index contributed by atoms with van der Waals surface area (Å²) in [5, 5.41) is 0. The Morgan fingerprint density at radius 3 is 1.61 bits per heavy atom. The second-order valence-corrected chi connectivity index (χ2v) is 16.8. The minimum absolute atomic E-state index is 0.0238. The molecule has 0 bridgehead atoms. The van der Waals surface area contributed by atoms with Gasteiger partial charge in [-0.2, -0.15) is 0 Å². The van der Waals surface area contributed by atoms with E-state index < -0.39 is 26.5 Å². The van der Waals surface area contributed by atoms with Crippen LogP contribution in [0.5, 0.6) is 0 Å². The zero-order chi connectivity index (χ0) is 40.0. The van der Waals surface area contributed by atoms with Crippen molar-refractivity contribution in [2.75, 3.05) is 47.5 Å². The second kappa shape index (κ2) is 36.6. The predicted molar refractivity (Wildman–Crippen MR) is 224 cm³/mol. The zero-order valence-electron chi connectivity index (χ0n) is 35.2. The third-order valence-corrected chi connectivity index (χ3v) is 9.83. The number of hydrogen-bond acceptors (Lipinski definition) is 7. The highest BCUT2D eigenvalue weighted by Crippen LogP contribution is 2.43. The molecule has 0 aliphatic heterocycles. The van der Waals surface area contributed by atoms with Crippen LogP contribution in [0.4, 0.5) is 0 Å². The highest BCUT2D eigenvalue weighted by Gasteiger charge is 2.27. The van der Waals surface area contributed by atoms with Gasteiger partial charge in [0.1, 0.15) is 19.8 Å². The van der Waals surface area contributed by atoms with Gasteiger partial charge in [0, 0.05) is 12.8 Å². The molecule has 2 unspecified atom stereocenters. The van der Waals surface area contributed by atoms with Crippen LogP contribution < -0.4 is 0 Å². The summed E-state index contributed by atoms with van der Waals surface area (Å²) < 4.78 is 34.2. The molecule has 9 nitrogen and oxygen atoms in total. The van der Waals surface area contributed by atoms with E-state index in [0.29, 0.717) is 17.4 Å². The predicted octanol–water partition coefficient (Wildman–Crippen LogP) is 11.9. The molecule has 0 heterocycles. The number of esters is 2. The van der Waals surface area contributed by atoms with Crippen molar-refractivity contribution in [2.45, 2.75) is 174 Å². The first-order chi connectivity index (χ1) is 26.0. The van der Waals surface area contributed by atoms with Crippen LogP contribution in [0, 0.1) is 0 Å². The largest absolute Gasteiger partial charge is 0.472 e. The van der Waals surface area contributed by atoms with Gasteiger partial charge in [0.25, 0.3) is 0 Å². The quantitative estimate of drug-likeness (QED) is 0.0217. The van der Waals surface area contributed by atoms with Crippen LogP contribution in [-0.4, -0.2) is 74.9 Å². The number of carbonyl (C=O) groups is 2. The first kappa shape index (κ1) is 52.0. The molecular weight excluding hydrogens is 701 g/mol. The molecule has 10 heteroatoms. The molecule has 0 saturated carbocycles. The highest BCUT2D eigenvalue weighted by molar-refractivity contribution is 7.47. The summed E-state index contributed by atoms with van der Waals surface area (Å²) in [4.78, 5) is 35.3. The van der Waals surface area contributed by atoms with Gasteiger partial charge in [-0.1, -0.05) is 133 Å². The molecule has 0 aromatic rings. The second-order valence-electron chi connectivity index (χ2n) is 15.3. The number of unbranched alkanes of at least 4 members (excludes halogenated alkanes) is 16. The lowest BCUT2D eigenvalue weighted by atomic mass is 10.1. The average Bonchev–Trinajstić information content (AvgIpc) is 3.12. The van der Waals surface area contributed by atoms with Gasteiger partial charge in [-0.05, 0) is 70.6 Å². The maximum absolute atomic E-state index is 12.6. The molecule has 0 aromatic heterocycles. The van der Waals surface area contributed by atoms with Gasteiger partial charge < -0.3 is 18.9 Å². The molecule has 0 spiro atoms. The lowest BCUT2D eigenvalue weighted by molar-refractivity contribution is -0.870. The summed E-state index contributed by atoms with van der Waals surface area (Å²) in [5.41, 5.74) is 0. The van der Waals surface area contributed by atoms with Crippen molar-refractivity contribution in [1.29, 1.82) is 0 Å². The Morgan fingerprint density at radius 1 is 0.593 bits per heavy atom. The molecule has 2 atom stereocenters. The molecule has 0 aromatic carbocycles. The van der Waals surface area contributed by atoms with Gasteiger partial charge in [-0.25, -0.2) is 4.57 Å². The van der Waals surface area contributed by atoms with Crippen LogP contribution >= 0.6 is 7.82 Å². The number of rotatable bonds is 38. The maximum atomic E-state index is 12.6. The summed E-state index contributed by atoms with van der Waals surface area (Å²) in [7, 11) is 1.45. The Bertz CT molecular complexity index is 1070. The van der Waals surface area contributed by atoms with Crippen molar-refractivity contribution < 1.29 is 42.1 Å². The maximum Gasteiger partial charge on any atom is 0.472 e. The molecule has 0 saturated heterocycles. The van der Waals surface area contributed by atoms with E-state index in [9.17, 15) is 19.0 Å². The first-order valence-electron chi connectivity index (χ1n) is 21.4. The van der Waals surface area contributed by atoms with Gasteiger partial charge in [0.05, 0.1) is 27.7 Å². The van der Waals surface area contributed by atoms with Crippen LogP contribution in [0.25, 0.3) is 0 Å². The fourth-order valence-electron chi connectivity index (χ4n) is 5.49. The summed E-state index contributed by atoms with van der Waals surface area (Å²) in [6.07, 6.45) is 41.6. The summed E-state index contributed by atoms with van der Waals surface area (Å²) >= 11 is 0. The number of phosphoric ester groups is 1. The number of quaternary nitrogens is 1. The Kier molecular flexibility index (Phi) is 35.2. The van der Waals surface area contributed by atoms with E-state index in [1.807, 2.05) is 21.1 Å². The third-order valence-electron chi connectivity index (χ3n) is 8.84. The summed E-state index contributed by atoms with van der Waals surface area (Å²) in [6, 6.07) is 0. The van der Waals surface area contributed by atoms with Crippen LogP contribution in [0.2, 0.25) is 0 Å². The van der Waals surface area contributed by atoms with Gasteiger partial charge in [-0.3, -0.25) is 18.6 Å². The number of ether oxygens (including phenoxy) is 2. The van der Waals surface area contributed by atoms with Crippen molar-refractivity contribution in [1.82, 2.24) is 0 Å². The molecule has 0 radical (unpaired) electrons. The van der Waals surface area contributed by atoms with Gasteiger partial charge in [-0.15, -0.1) is 0 Å². The Labute approximate surface area is 331 Å². The summed E-state index contributed by atoms with van der Waals surface area (Å²) in [6.45, 7) is 4.25. The molecule has 0 aliphatic carbocycles. The Balaban J connectivity index is 4.40. The van der Waals surface area contributed by atoms with Crippen LogP contribution in [0.3, 0.4) is 0 Å². The van der Waals surface area contributed by atoms with E-state index in [1.54, 1.807) is 0 Å². The number of likely N-dealkylation sites (N-methyl/N-ethyl adjacent to an activating group) is 1. The zero-order valence-corrected chi connectivity index (χ0v) is 36.1. The average molecular weight is 783 g/mol. The third kappa shape index (κ3) is 39.7. The van der Waals surface area contributed by atoms with Gasteiger partial charge in [0.2, 0.25) is 0 Å². The monoisotopic (exact) mass is 783 g/mol. The topological polar surface area (TPSA) is 108 Å². The van der Waals surface area contributed by atoms with Crippen molar-refractivity contribution in [3.63, 3.8) is 0 Å². The molecule has 314 valence electrons.